The Labute approximate surface area is 146 Å². The molecule has 0 saturated carbocycles. The lowest BCUT2D eigenvalue weighted by molar-refractivity contribution is 0.251. The van der Waals surface area contributed by atoms with Crippen molar-refractivity contribution in [3.63, 3.8) is 0 Å². The summed E-state index contributed by atoms with van der Waals surface area (Å²) in [6, 6.07) is 9.37. The molecule has 0 saturated heterocycles. The lowest BCUT2D eigenvalue weighted by Crippen LogP contribution is -2.29. The van der Waals surface area contributed by atoms with Crippen LogP contribution in [0.3, 0.4) is 0 Å². The fourth-order valence-electron chi connectivity index (χ4n) is 3.30. The van der Waals surface area contributed by atoms with E-state index in [-0.39, 0.29) is 6.03 Å². The summed E-state index contributed by atoms with van der Waals surface area (Å²) in [5, 5.41) is 5.83. The van der Waals surface area contributed by atoms with E-state index >= 15 is 0 Å². The Balaban J connectivity index is 1.50. The van der Waals surface area contributed by atoms with Crippen LogP contribution in [0.25, 0.3) is 0 Å². The van der Waals surface area contributed by atoms with Gasteiger partial charge in [0, 0.05) is 36.1 Å². The van der Waals surface area contributed by atoms with Gasteiger partial charge >= 0.3 is 6.03 Å². The topological polar surface area (TPSA) is 68.8 Å². The molecule has 2 aliphatic rings. The largest absolute Gasteiger partial charge is 0.496 e. The number of para-hydroxylation sites is 1. The molecular weight excluding hydrogens is 320 g/mol. The lowest BCUT2D eigenvalue weighted by atomic mass is 10.0. The van der Waals surface area contributed by atoms with Gasteiger partial charge in [-0.05, 0) is 12.1 Å². The summed E-state index contributed by atoms with van der Waals surface area (Å²) >= 11 is 0. The fourth-order valence-corrected chi connectivity index (χ4v) is 3.30. The highest BCUT2D eigenvalue weighted by molar-refractivity contribution is 5.93. The van der Waals surface area contributed by atoms with E-state index in [0.29, 0.717) is 19.8 Å². The highest BCUT2D eigenvalue weighted by Gasteiger charge is 2.27. The number of urea groups is 1. The van der Waals surface area contributed by atoms with Crippen molar-refractivity contribution in [1.82, 2.24) is 5.32 Å². The van der Waals surface area contributed by atoms with Crippen LogP contribution in [0.1, 0.15) is 16.7 Å². The van der Waals surface area contributed by atoms with Gasteiger partial charge < -0.3 is 24.8 Å². The van der Waals surface area contributed by atoms with Gasteiger partial charge in [0.1, 0.15) is 17.2 Å². The number of amides is 2. The Hall–Kier alpha value is -2.89. The molecule has 2 heterocycles. The van der Waals surface area contributed by atoms with Crippen molar-refractivity contribution in [2.24, 2.45) is 0 Å². The molecule has 0 atom stereocenters. The maximum atomic E-state index is 12.4. The van der Waals surface area contributed by atoms with Crippen molar-refractivity contribution in [1.29, 1.82) is 0 Å². The number of hydrogen-bond donors (Lipinski definition) is 2. The van der Waals surface area contributed by atoms with Gasteiger partial charge in [-0.3, -0.25) is 0 Å². The Kier molecular flexibility index (Phi) is 4.09. The second kappa shape index (κ2) is 6.55. The third-order valence-electron chi connectivity index (χ3n) is 4.52. The first kappa shape index (κ1) is 15.6. The highest BCUT2D eigenvalue weighted by Crippen LogP contribution is 2.44. The van der Waals surface area contributed by atoms with E-state index in [9.17, 15) is 4.79 Å². The number of methoxy groups -OCH3 is 1. The molecular formula is C19H20N2O4. The van der Waals surface area contributed by atoms with E-state index in [0.717, 1.165) is 52.5 Å². The molecule has 0 unspecified atom stereocenters. The second-order valence-electron chi connectivity index (χ2n) is 6.03. The van der Waals surface area contributed by atoms with Crippen molar-refractivity contribution >= 4 is 11.7 Å². The summed E-state index contributed by atoms with van der Waals surface area (Å²) in [4.78, 5) is 12.4. The zero-order valence-electron chi connectivity index (χ0n) is 14.1. The number of rotatable bonds is 4. The van der Waals surface area contributed by atoms with Crippen LogP contribution in [-0.4, -0.2) is 26.4 Å². The number of hydrogen-bond acceptors (Lipinski definition) is 4. The Morgan fingerprint density at radius 3 is 2.92 bits per heavy atom. The summed E-state index contributed by atoms with van der Waals surface area (Å²) in [6.07, 6.45) is 1.61. The van der Waals surface area contributed by atoms with Gasteiger partial charge in [0.05, 0.1) is 26.0 Å². The second-order valence-corrected chi connectivity index (χ2v) is 6.03. The van der Waals surface area contributed by atoms with Gasteiger partial charge in [-0.1, -0.05) is 18.2 Å². The summed E-state index contributed by atoms with van der Waals surface area (Å²) in [6.45, 7) is 1.65. The molecule has 4 rings (SSSR count). The van der Waals surface area contributed by atoms with Crippen molar-refractivity contribution in [3.05, 3.63) is 47.0 Å². The maximum absolute atomic E-state index is 12.4. The molecule has 2 aromatic carbocycles. The minimum atomic E-state index is -0.274. The summed E-state index contributed by atoms with van der Waals surface area (Å²) in [7, 11) is 1.62. The Morgan fingerprint density at radius 2 is 2.04 bits per heavy atom. The molecule has 25 heavy (non-hydrogen) atoms. The number of benzene rings is 2. The monoisotopic (exact) mass is 340 g/mol. The average molecular weight is 340 g/mol. The number of nitrogens with one attached hydrogen (secondary N) is 2. The average Bonchev–Trinajstić information content (AvgIpc) is 3.29. The zero-order chi connectivity index (χ0) is 17.2. The van der Waals surface area contributed by atoms with Gasteiger partial charge in [0.2, 0.25) is 0 Å². The lowest BCUT2D eigenvalue weighted by Gasteiger charge is -2.15. The van der Waals surface area contributed by atoms with Crippen molar-refractivity contribution in [2.45, 2.75) is 19.4 Å². The van der Waals surface area contributed by atoms with Crippen LogP contribution in [0.4, 0.5) is 10.5 Å². The van der Waals surface area contributed by atoms with E-state index in [2.05, 4.69) is 10.6 Å². The SMILES string of the molecule is COc1ccccc1CNC(=O)Nc1c2c(cc3c1OCC3)OCC2. The molecule has 0 aromatic heterocycles. The van der Waals surface area contributed by atoms with E-state index in [1.54, 1.807) is 7.11 Å². The Morgan fingerprint density at radius 1 is 1.20 bits per heavy atom. The first-order chi connectivity index (χ1) is 12.3. The van der Waals surface area contributed by atoms with Gasteiger partial charge in [0.15, 0.2) is 0 Å². The van der Waals surface area contributed by atoms with Crippen LogP contribution in [0.5, 0.6) is 17.2 Å². The van der Waals surface area contributed by atoms with Gasteiger partial charge in [0.25, 0.3) is 0 Å². The quantitative estimate of drug-likeness (QED) is 0.898. The van der Waals surface area contributed by atoms with E-state index in [1.165, 1.54) is 0 Å². The van der Waals surface area contributed by atoms with Crippen LogP contribution >= 0.6 is 0 Å². The predicted molar refractivity (Wildman–Crippen MR) is 93.7 cm³/mol. The maximum Gasteiger partial charge on any atom is 0.319 e. The van der Waals surface area contributed by atoms with Crippen LogP contribution in [-0.2, 0) is 19.4 Å². The molecule has 0 radical (unpaired) electrons. The molecule has 6 nitrogen and oxygen atoms in total. The summed E-state index contributed by atoms with van der Waals surface area (Å²) in [5.41, 5.74) is 3.75. The third-order valence-corrected chi connectivity index (χ3v) is 4.52. The van der Waals surface area contributed by atoms with E-state index in [1.807, 2.05) is 30.3 Å². The van der Waals surface area contributed by atoms with E-state index < -0.39 is 0 Å². The van der Waals surface area contributed by atoms with Gasteiger partial charge in [-0.15, -0.1) is 0 Å². The molecule has 0 bridgehead atoms. The smallest absolute Gasteiger partial charge is 0.319 e. The van der Waals surface area contributed by atoms with Crippen molar-refractivity contribution < 1.29 is 19.0 Å². The molecule has 0 spiro atoms. The first-order valence-corrected chi connectivity index (χ1v) is 8.37. The third kappa shape index (κ3) is 2.95. The molecule has 130 valence electrons. The van der Waals surface area contributed by atoms with Crippen LogP contribution in [0.15, 0.2) is 30.3 Å². The molecule has 2 amide bonds. The van der Waals surface area contributed by atoms with Gasteiger partial charge in [-0.2, -0.15) is 0 Å². The standard InChI is InChI=1S/C19H20N2O4/c1-23-15-5-3-2-4-13(15)11-20-19(22)21-17-14-7-9-24-16(14)10-12-6-8-25-18(12)17/h2-5,10H,6-9,11H2,1H3,(H2,20,21,22). The van der Waals surface area contributed by atoms with E-state index in [4.69, 9.17) is 14.2 Å². The van der Waals surface area contributed by atoms with Crippen LogP contribution in [0.2, 0.25) is 0 Å². The number of fused-ring (bicyclic) bond motifs is 2. The molecule has 2 aliphatic heterocycles. The summed E-state index contributed by atoms with van der Waals surface area (Å²) in [5.74, 6) is 2.38. The highest BCUT2D eigenvalue weighted by atomic mass is 16.5. The fraction of sp³-hybridized carbons (Fsp3) is 0.316. The molecule has 6 heteroatoms. The number of anilines is 1. The molecule has 2 N–H and O–H groups in total. The van der Waals surface area contributed by atoms with Crippen LogP contribution in [0, 0.1) is 0 Å². The Bertz CT molecular complexity index is 787. The first-order valence-electron chi connectivity index (χ1n) is 8.37. The minimum Gasteiger partial charge on any atom is -0.496 e. The number of carbonyl (C=O) groups excluding carboxylic acids is 1. The number of carbonyl (C=O) groups is 1. The van der Waals surface area contributed by atoms with Crippen molar-refractivity contribution in [3.8, 4) is 17.2 Å². The molecule has 0 fully saturated rings. The van der Waals surface area contributed by atoms with Crippen molar-refractivity contribution in [2.75, 3.05) is 25.6 Å². The molecule has 2 aromatic rings. The predicted octanol–water partition coefficient (Wildman–Crippen LogP) is 2.89. The number of ether oxygens (including phenoxy) is 3. The van der Waals surface area contributed by atoms with Crippen LogP contribution < -0.4 is 24.8 Å². The zero-order valence-corrected chi connectivity index (χ0v) is 14.1. The normalized spacial score (nSPS) is 14.1. The molecule has 0 aliphatic carbocycles. The van der Waals surface area contributed by atoms with Gasteiger partial charge in [-0.25, -0.2) is 4.79 Å². The minimum absolute atomic E-state index is 0.274. The summed E-state index contributed by atoms with van der Waals surface area (Å²) < 4.78 is 16.7.